The first-order chi connectivity index (χ1) is 10.3. The molecular weight excluding hydrogens is 302 g/mol. The average Bonchev–Trinajstić information content (AvgIpc) is 3.17. The molecule has 0 unspecified atom stereocenters. The van der Waals surface area contributed by atoms with Gasteiger partial charge in [-0.1, -0.05) is 23.5 Å². The van der Waals surface area contributed by atoms with Gasteiger partial charge in [-0.15, -0.1) is 0 Å². The molecule has 5 nitrogen and oxygen atoms in total. The summed E-state index contributed by atoms with van der Waals surface area (Å²) in [5.74, 6) is 0.594. The summed E-state index contributed by atoms with van der Waals surface area (Å²) in [6, 6.07) is 7.52. The topological polar surface area (TPSA) is 80.0 Å². The molecule has 2 aromatic heterocycles. The maximum absolute atomic E-state index is 9.07. The quantitative estimate of drug-likeness (QED) is 0.455. The van der Waals surface area contributed by atoms with Crippen molar-refractivity contribution >= 4 is 33.7 Å². The molecule has 0 bridgehead atoms. The molecule has 0 aliphatic heterocycles. The molecule has 3 aromatic rings. The van der Waals surface area contributed by atoms with E-state index in [0.717, 1.165) is 38.0 Å². The number of fused-ring (bicyclic) bond motifs is 1. The van der Waals surface area contributed by atoms with Crippen molar-refractivity contribution in [2.24, 2.45) is 0 Å². The van der Waals surface area contributed by atoms with Gasteiger partial charge in [0.05, 0.1) is 0 Å². The molecule has 7 heteroatoms. The number of nitrogen functional groups attached to an aromatic ring is 1. The number of rotatable bonds is 3. The Hall–Kier alpha value is -2.04. The SMILES string of the molecule is N#CSc1c(-c2ccc(N)cc2)nc2sc(C3CC3)nn12. The van der Waals surface area contributed by atoms with E-state index < -0.39 is 0 Å². The number of anilines is 1. The van der Waals surface area contributed by atoms with Crippen LogP contribution < -0.4 is 5.73 Å². The number of hydrogen-bond donors (Lipinski definition) is 1. The molecule has 104 valence electrons. The van der Waals surface area contributed by atoms with E-state index >= 15 is 0 Å². The Morgan fingerprint density at radius 1 is 1.33 bits per heavy atom. The predicted molar refractivity (Wildman–Crippen MR) is 84.2 cm³/mol. The fourth-order valence-electron chi connectivity index (χ4n) is 2.20. The maximum atomic E-state index is 9.07. The summed E-state index contributed by atoms with van der Waals surface area (Å²) in [6.07, 6.45) is 2.42. The number of nitriles is 1. The molecule has 2 heterocycles. The van der Waals surface area contributed by atoms with Crippen LogP contribution in [0.5, 0.6) is 0 Å². The number of imidazole rings is 1. The molecule has 1 fully saturated rings. The third-order valence-electron chi connectivity index (χ3n) is 3.43. The van der Waals surface area contributed by atoms with Crippen molar-refractivity contribution in [2.45, 2.75) is 23.8 Å². The molecular formula is C14H11N5S2. The van der Waals surface area contributed by atoms with Crippen molar-refractivity contribution in [3.63, 3.8) is 0 Å². The van der Waals surface area contributed by atoms with Gasteiger partial charge in [-0.3, -0.25) is 0 Å². The van der Waals surface area contributed by atoms with Gasteiger partial charge in [0, 0.05) is 28.9 Å². The number of nitrogens with zero attached hydrogens (tertiary/aromatic N) is 4. The number of hydrogen-bond acceptors (Lipinski definition) is 6. The van der Waals surface area contributed by atoms with Crippen LogP contribution in [-0.2, 0) is 0 Å². The molecule has 2 N–H and O–H groups in total. The summed E-state index contributed by atoms with van der Waals surface area (Å²) in [7, 11) is 0. The summed E-state index contributed by atoms with van der Waals surface area (Å²) in [5.41, 5.74) is 8.18. The standard InChI is InChI=1S/C14H11N5S2/c15-7-20-13-11(8-3-5-10(16)6-4-8)17-14-19(13)18-12(21-14)9-1-2-9/h3-6,9H,1-2,16H2. The minimum atomic E-state index is 0.594. The van der Waals surface area contributed by atoms with E-state index in [1.54, 1.807) is 15.9 Å². The molecule has 1 aromatic carbocycles. The number of nitrogens with two attached hydrogens (primary N) is 1. The molecule has 0 spiro atoms. The molecule has 21 heavy (non-hydrogen) atoms. The molecule has 1 saturated carbocycles. The van der Waals surface area contributed by atoms with Crippen LogP contribution in [-0.4, -0.2) is 14.6 Å². The van der Waals surface area contributed by atoms with Crippen molar-refractivity contribution in [1.82, 2.24) is 14.6 Å². The smallest absolute Gasteiger partial charge is 0.213 e. The monoisotopic (exact) mass is 313 g/mol. The second-order valence-corrected chi connectivity index (χ2v) is 6.75. The number of thioether (sulfide) groups is 1. The lowest BCUT2D eigenvalue weighted by molar-refractivity contribution is 0.842. The predicted octanol–water partition coefficient (Wildman–Crippen LogP) is 3.49. The van der Waals surface area contributed by atoms with Gasteiger partial charge in [0.1, 0.15) is 21.1 Å². The van der Waals surface area contributed by atoms with Crippen molar-refractivity contribution in [2.75, 3.05) is 5.73 Å². The van der Waals surface area contributed by atoms with Crippen molar-refractivity contribution < 1.29 is 0 Å². The minimum Gasteiger partial charge on any atom is -0.399 e. The van der Waals surface area contributed by atoms with E-state index in [1.807, 2.05) is 24.3 Å². The highest BCUT2D eigenvalue weighted by atomic mass is 32.2. The van der Waals surface area contributed by atoms with Crippen LogP contribution in [0.2, 0.25) is 0 Å². The second kappa shape index (κ2) is 4.76. The van der Waals surface area contributed by atoms with Gasteiger partial charge in [-0.05, 0) is 25.0 Å². The van der Waals surface area contributed by atoms with Gasteiger partial charge in [0.25, 0.3) is 0 Å². The molecule has 0 atom stereocenters. The zero-order valence-electron chi connectivity index (χ0n) is 11.0. The first-order valence-electron chi connectivity index (χ1n) is 6.57. The van der Waals surface area contributed by atoms with Crippen LogP contribution in [0.1, 0.15) is 23.8 Å². The van der Waals surface area contributed by atoms with Gasteiger partial charge in [-0.25, -0.2) is 4.98 Å². The fourth-order valence-corrected chi connectivity index (χ4v) is 3.89. The van der Waals surface area contributed by atoms with E-state index in [0.29, 0.717) is 11.6 Å². The van der Waals surface area contributed by atoms with Crippen molar-refractivity contribution in [3.05, 3.63) is 29.3 Å². The second-order valence-electron chi connectivity index (χ2n) is 4.99. The van der Waals surface area contributed by atoms with Gasteiger partial charge >= 0.3 is 0 Å². The van der Waals surface area contributed by atoms with Crippen LogP contribution in [0.3, 0.4) is 0 Å². The molecule has 0 amide bonds. The lowest BCUT2D eigenvalue weighted by Crippen LogP contribution is -1.90. The largest absolute Gasteiger partial charge is 0.399 e. The van der Waals surface area contributed by atoms with E-state index in [4.69, 9.17) is 11.0 Å². The molecule has 1 aliphatic rings. The molecule has 0 saturated heterocycles. The van der Waals surface area contributed by atoms with Crippen LogP contribution >= 0.6 is 23.1 Å². The molecule has 0 radical (unpaired) electrons. The van der Waals surface area contributed by atoms with Crippen molar-refractivity contribution in [1.29, 1.82) is 5.26 Å². The Kier molecular flexibility index (Phi) is 2.87. The Balaban J connectivity index is 1.87. The van der Waals surface area contributed by atoms with Crippen LogP contribution in [0.25, 0.3) is 16.2 Å². The number of thiocyanates is 1. The highest BCUT2D eigenvalue weighted by molar-refractivity contribution is 8.03. The first kappa shape index (κ1) is 12.7. The molecule has 4 rings (SSSR count). The zero-order valence-corrected chi connectivity index (χ0v) is 12.6. The Morgan fingerprint density at radius 3 is 2.76 bits per heavy atom. The first-order valence-corrected chi connectivity index (χ1v) is 8.21. The van der Waals surface area contributed by atoms with Gasteiger partial charge in [-0.2, -0.15) is 14.9 Å². The lowest BCUT2D eigenvalue weighted by atomic mass is 10.1. The normalized spacial score (nSPS) is 14.4. The van der Waals surface area contributed by atoms with Gasteiger partial charge in [0.2, 0.25) is 4.96 Å². The summed E-state index contributed by atoms with van der Waals surface area (Å²) in [6.45, 7) is 0. The Labute approximate surface area is 129 Å². The Bertz CT molecular complexity index is 852. The lowest BCUT2D eigenvalue weighted by Gasteiger charge is -2.00. The highest BCUT2D eigenvalue weighted by Crippen LogP contribution is 2.43. The van der Waals surface area contributed by atoms with E-state index in [1.165, 1.54) is 12.8 Å². The number of benzene rings is 1. The fraction of sp³-hybridized carbons (Fsp3) is 0.214. The average molecular weight is 313 g/mol. The third kappa shape index (κ3) is 2.17. The zero-order chi connectivity index (χ0) is 14.4. The Morgan fingerprint density at radius 2 is 2.10 bits per heavy atom. The highest BCUT2D eigenvalue weighted by Gasteiger charge is 2.29. The van der Waals surface area contributed by atoms with Gasteiger partial charge in [0.15, 0.2) is 0 Å². The van der Waals surface area contributed by atoms with E-state index in [9.17, 15) is 0 Å². The van der Waals surface area contributed by atoms with Crippen molar-refractivity contribution in [3.8, 4) is 16.7 Å². The molecule has 1 aliphatic carbocycles. The van der Waals surface area contributed by atoms with Crippen LogP contribution in [0, 0.1) is 10.7 Å². The number of aromatic nitrogens is 3. The van der Waals surface area contributed by atoms with Gasteiger partial charge < -0.3 is 5.73 Å². The van der Waals surface area contributed by atoms with Crippen LogP contribution in [0.4, 0.5) is 5.69 Å². The summed E-state index contributed by atoms with van der Waals surface area (Å²) >= 11 is 2.72. The summed E-state index contributed by atoms with van der Waals surface area (Å²) < 4.78 is 1.80. The maximum Gasteiger partial charge on any atom is 0.213 e. The summed E-state index contributed by atoms with van der Waals surface area (Å²) in [5, 5.41) is 17.7. The minimum absolute atomic E-state index is 0.594. The van der Waals surface area contributed by atoms with E-state index in [2.05, 4.69) is 15.5 Å². The summed E-state index contributed by atoms with van der Waals surface area (Å²) in [4.78, 5) is 5.52. The van der Waals surface area contributed by atoms with Crippen LogP contribution in [0.15, 0.2) is 29.3 Å². The third-order valence-corrected chi connectivity index (χ3v) is 5.15. The van der Waals surface area contributed by atoms with E-state index in [-0.39, 0.29) is 0 Å².